The van der Waals surface area contributed by atoms with Crippen LogP contribution in [0.1, 0.15) is 43.8 Å². The van der Waals surface area contributed by atoms with E-state index in [0.29, 0.717) is 5.56 Å². The minimum atomic E-state index is -0.686. The quantitative estimate of drug-likeness (QED) is 0.816. The molecule has 2 N–H and O–H groups in total. The summed E-state index contributed by atoms with van der Waals surface area (Å²) >= 11 is 0. The van der Waals surface area contributed by atoms with Crippen LogP contribution in [0.15, 0.2) is 24.3 Å². The summed E-state index contributed by atoms with van der Waals surface area (Å²) in [6.07, 6.45) is 4.68. The van der Waals surface area contributed by atoms with Gasteiger partial charge < -0.3 is 15.4 Å². The number of hydrogen-bond acceptors (Lipinski definition) is 3. The van der Waals surface area contributed by atoms with E-state index in [0.717, 1.165) is 25.7 Å². The Labute approximate surface area is 135 Å². The predicted octanol–water partition coefficient (Wildman–Crippen LogP) is 2.08. The molecular weight excluding hydrogens is 299 g/mol. The summed E-state index contributed by atoms with van der Waals surface area (Å²) in [5.41, 5.74) is 0.612. The van der Waals surface area contributed by atoms with E-state index < -0.39 is 17.9 Å². The first-order valence-corrected chi connectivity index (χ1v) is 7.97. The van der Waals surface area contributed by atoms with Gasteiger partial charge in [-0.15, -0.1) is 0 Å². The Morgan fingerprint density at radius 3 is 2.65 bits per heavy atom. The van der Waals surface area contributed by atoms with Crippen LogP contribution in [0.3, 0.4) is 0 Å². The molecule has 0 radical (unpaired) electrons. The van der Waals surface area contributed by atoms with Crippen molar-refractivity contribution in [2.24, 2.45) is 0 Å². The van der Waals surface area contributed by atoms with Crippen LogP contribution in [-0.2, 0) is 14.3 Å². The van der Waals surface area contributed by atoms with Crippen molar-refractivity contribution in [1.29, 1.82) is 0 Å². The van der Waals surface area contributed by atoms with Gasteiger partial charge in [0.2, 0.25) is 0 Å². The van der Waals surface area contributed by atoms with Gasteiger partial charge in [-0.1, -0.05) is 31.4 Å². The van der Waals surface area contributed by atoms with Crippen LogP contribution in [0.2, 0.25) is 0 Å². The zero-order valence-electron chi connectivity index (χ0n) is 13.3. The number of carbonyl (C=O) groups is 2. The molecule has 5 nitrogen and oxygen atoms in total. The minimum absolute atomic E-state index is 0.0865. The lowest BCUT2D eigenvalue weighted by Crippen LogP contribution is -2.46. The Morgan fingerprint density at radius 1 is 1.26 bits per heavy atom. The fraction of sp³-hybridized carbons (Fsp3) is 0.529. The highest BCUT2D eigenvalue weighted by Gasteiger charge is 2.21. The number of carbonyl (C=O) groups excluding carboxylic acids is 2. The SMILES string of the molecule is COC(CNC(=O)C(=O)NC1CCCCC1)c1cccc(F)c1. The van der Waals surface area contributed by atoms with E-state index in [2.05, 4.69) is 10.6 Å². The van der Waals surface area contributed by atoms with Gasteiger partial charge in [-0.25, -0.2) is 4.39 Å². The van der Waals surface area contributed by atoms with E-state index >= 15 is 0 Å². The maximum Gasteiger partial charge on any atom is 0.309 e. The van der Waals surface area contributed by atoms with Crippen LogP contribution in [-0.4, -0.2) is 31.5 Å². The van der Waals surface area contributed by atoms with E-state index in [1.165, 1.54) is 25.7 Å². The summed E-state index contributed by atoms with van der Waals surface area (Å²) in [4.78, 5) is 23.8. The van der Waals surface area contributed by atoms with Crippen molar-refractivity contribution in [3.63, 3.8) is 0 Å². The first kappa shape index (κ1) is 17.4. The lowest BCUT2D eigenvalue weighted by molar-refractivity contribution is -0.140. The number of nitrogens with one attached hydrogen (secondary N) is 2. The molecule has 2 amide bonds. The lowest BCUT2D eigenvalue weighted by Gasteiger charge is -2.22. The largest absolute Gasteiger partial charge is 0.375 e. The normalized spacial score (nSPS) is 16.6. The highest BCUT2D eigenvalue weighted by atomic mass is 19.1. The van der Waals surface area contributed by atoms with Crippen LogP contribution >= 0.6 is 0 Å². The Morgan fingerprint density at radius 2 is 2.00 bits per heavy atom. The summed E-state index contributed by atoms with van der Waals surface area (Å²) < 4.78 is 18.5. The summed E-state index contributed by atoms with van der Waals surface area (Å²) in [5, 5.41) is 5.30. The predicted molar refractivity (Wildman–Crippen MR) is 84.2 cm³/mol. The molecule has 1 saturated carbocycles. The second-order valence-electron chi connectivity index (χ2n) is 5.80. The van der Waals surface area contributed by atoms with Crippen molar-refractivity contribution < 1.29 is 18.7 Å². The molecule has 0 aliphatic heterocycles. The second-order valence-corrected chi connectivity index (χ2v) is 5.80. The molecule has 0 bridgehead atoms. The van der Waals surface area contributed by atoms with Gasteiger partial charge in [0.05, 0.1) is 6.10 Å². The van der Waals surface area contributed by atoms with Gasteiger partial charge >= 0.3 is 11.8 Å². The van der Waals surface area contributed by atoms with Crippen molar-refractivity contribution in [2.45, 2.75) is 44.2 Å². The highest BCUT2D eigenvalue weighted by Crippen LogP contribution is 2.18. The molecule has 0 saturated heterocycles. The standard InChI is InChI=1S/C17H23FN2O3/c1-23-15(12-6-5-7-13(18)10-12)11-19-16(21)17(22)20-14-8-3-2-4-9-14/h5-7,10,14-15H,2-4,8-9,11H2,1H3,(H,19,21)(H,20,22). The van der Waals surface area contributed by atoms with E-state index in [1.807, 2.05) is 0 Å². The number of ether oxygens (including phenoxy) is 1. The third kappa shape index (κ3) is 5.32. The first-order valence-electron chi connectivity index (χ1n) is 7.97. The molecular formula is C17H23FN2O3. The molecule has 1 aromatic rings. The third-order valence-electron chi connectivity index (χ3n) is 4.10. The fourth-order valence-corrected chi connectivity index (χ4v) is 2.81. The Hall–Kier alpha value is -1.95. The summed E-state index contributed by atoms with van der Waals surface area (Å²) in [6.45, 7) is 0.108. The van der Waals surface area contributed by atoms with Gasteiger partial charge in [0.15, 0.2) is 0 Å². The van der Waals surface area contributed by atoms with Crippen molar-refractivity contribution in [3.8, 4) is 0 Å². The molecule has 1 atom stereocenters. The molecule has 0 aromatic heterocycles. The van der Waals surface area contributed by atoms with Crippen LogP contribution in [0.25, 0.3) is 0 Å². The number of halogens is 1. The van der Waals surface area contributed by atoms with Crippen molar-refractivity contribution in [1.82, 2.24) is 10.6 Å². The summed E-state index contributed by atoms with van der Waals surface area (Å²) in [7, 11) is 1.48. The summed E-state index contributed by atoms with van der Waals surface area (Å²) in [6, 6.07) is 6.07. The monoisotopic (exact) mass is 322 g/mol. The van der Waals surface area contributed by atoms with Crippen LogP contribution in [0.5, 0.6) is 0 Å². The first-order chi connectivity index (χ1) is 11.1. The average Bonchev–Trinajstić information content (AvgIpc) is 2.56. The zero-order valence-corrected chi connectivity index (χ0v) is 13.3. The molecule has 1 fully saturated rings. The third-order valence-corrected chi connectivity index (χ3v) is 4.10. The molecule has 2 rings (SSSR count). The number of hydrogen-bond donors (Lipinski definition) is 2. The van der Waals surface area contributed by atoms with Gasteiger partial charge in [-0.05, 0) is 30.5 Å². The zero-order chi connectivity index (χ0) is 16.7. The molecule has 1 aliphatic rings. The molecule has 6 heteroatoms. The van der Waals surface area contributed by atoms with Gasteiger partial charge in [0.1, 0.15) is 5.82 Å². The van der Waals surface area contributed by atoms with E-state index in [1.54, 1.807) is 12.1 Å². The smallest absolute Gasteiger partial charge is 0.309 e. The van der Waals surface area contributed by atoms with Crippen LogP contribution in [0, 0.1) is 5.82 Å². The van der Waals surface area contributed by atoms with Crippen molar-refractivity contribution in [2.75, 3.05) is 13.7 Å². The summed E-state index contributed by atoms with van der Waals surface area (Å²) in [5.74, 6) is -1.68. The maximum atomic E-state index is 13.2. The maximum absolute atomic E-state index is 13.2. The molecule has 1 aliphatic carbocycles. The van der Waals surface area contributed by atoms with E-state index in [-0.39, 0.29) is 18.4 Å². The Balaban J connectivity index is 1.83. The van der Waals surface area contributed by atoms with E-state index in [4.69, 9.17) is 4.74 Å². The van der Waals surface area contributed by atoms with Gasteiger partial charge in [0.25, 0.3) is 0 Å². The second kappa shape index (κ2) is 8.62. The lowest BCUT2D eigenvalue weighted by atomic mass is 9.95. The molecule has 0 spiro atoms. The topological polar surface area (TPSA) is 67.4 Å². The van der Waals surface area contributed by atoms with Crippen LogP contribution < -0.4 is 10.6 Å². The molecule has 1 aromatic carbocycles. The Bertz CT molecular complexity index is 544. The molecule has 0 heterocycles. The van der Waals surface area contributed by atoms with Gasteiger partial charge in [-0.2, -0.15) is 0 Å². The molecule has 23 heavy (non-hydrogen) atoms. The Kier molecular flexibility index (Phi) is 6.52. The molecule has 126 valence electrons. The number of rotatable bonds is 5. The fourth-order valence-electron chi connectivity index (χ4n) is 2.81. The van der Waals surface area contributed by atoms with Crippen molar-refractivity contribution >= 4 is 11.8 Å². The number of amides is 2. The molecule has 1 unspecified atom stereocenters. The minimum Gasteiger partial charge on any atom is -0.375 e. The number of benzene rings is 1. The van der Waals surface area contributed by atoms with Gasteiger partial charge in [-0.3, -0.25) is 9.59 Å². The van der Waals surface area contributed by atoms with Crippen molar-refractivity contribution in [3.05, 3.63) is 35.6 Å². The number of methoxy groups -OCH3 is 1. The van der Waals surface area contributed by atoms with E-state index in [9.17, 15) is 14.0 Å². The highest BCUT2D eigenvalue weighted by molar-refractivity contribution is 6.35. The van der Waals surface area contributed by atoms with Crippen LogP contribution in [0.4, 0.5) is 4.39 Å². The average molecular weight is 322 g/mol. The van der Waals surface area contributed by atoms with Gasteiger partial charge in [0, 0.05) is 19.7 Å².